The molecule has 5 nitrogen and oxygen atoms in total. The first-order chi connectivity index (χ1) is 10.9. The van der Waals surface area contributed by atoms with E-state index in [1.807, 2.05) is 18.2 Å². The molecule has 0 radical (unpaired) electrons. The third kappa shape index (κ3) is 2.97. The summed E-state index contributed by atoms with van der Waals surface area (Å²) < 4.78 is 5.40. The molecular weight excluding hydrogens is 318 g/mol. The molecule has 0 saturated heterocycles. The van der Waals surface area contributed by atoms with Crippen LogP contribution in [0.3, 0.4) is 0 Å². The number of furan rings is 1. The summed E-state index contributed by atoms with van der Waals surface area (Å²) in [6, 6.07) is 8.65. The van der Waals surface area contributed by atoms with Gasteiger partial charge in [0.05, 0.1) is 5.54 Å². The number of hydrogen-bond donors (Lipinski definition) is 2. The lowest BCUT2D eigenvalue weighted by molar-refractivity contribution is 0.0694. The third-order valence-corrected chi connectivity index (χ3v) is 4.30. The van der Waals surface area contributed by atoms with Gasteiger partial charge < -0.3 is 14.8 Å². The molecule has 0 aliphatic heterocycles. The quantitative estimate of drug-likeness (QED) is 0.876. The molecule has 3 rings (SSSR count). The maximum atomic E-state index is 12.4. The molecule has 2 N–H and O–H groups in total. The van der Waals surface area contributed by atoms with Gasteiger partial charge in [0, 0.05) is 17.5 Å². The van der Waals surface area contributed by atoms with E-state index in [2.05, 4.69) is 5.32 Å². The first kappa shape index (κ1) is 15.6. The van der Waals surface area contributed by atoms with E-state index in [0.29, 0.717) is 17.2 Å². The minimum Gasteiger partial charge on any atom is -0.478 e. The number of amides is 1. The van der Waals surface area contributed by atoms with Gasteiger partial charge in [0.2, 0.25) is 0 Å². The van der Waals surface area contributed by atoms with Crippen LogP contribution in [-0.4, -0.2) is 17.0 Å². The maximum Gasteiger partial charge on any atom is 0.339 e. The normalized spacial score (nSPS) is 15.2. The monoisotopic (exact) mass is 333 g/mol. The number of halogens is 1. The van der Waals surface area contributed by atoms with Crippen LogP contribution in [0.25, 0.3) is 0 Å². The number of hydrogen-bond acceptors (Lipinski definition) is 3. The van der Waals surface area contributed by atoms with Crippen molar-refractivity contribution in [3.8, 4) is 0 Å². The summed E-state index contributed by atoms with van der Waals surface area (Å²) in [5.74, 6) is -1.19. The molecule has 1 aromatic carbocycles. The van der Waals surface area contributed by atoms with Crippen molar-refractivity contribution in [2.45, 2.75) is 31.7 Å². The van der Waals surface area contributed by atoms with Gasteiger partial charge in [0.1, 0.15) is 11.3 Å². The van der Waals surface area contributed by atoms with Crippen LogP contribution in [0.15, 0.2) is 34.7 Å². The molecule has 0 atom stereocenters. The largest absolute Gasteiger partial charge is 0.478 e. The second-order valence-corrected chi connectivity index (χ2v) is 6.09. The molecule has 0 unspecified atom stereocenters. The minimum atomic E-state index is -1.10. The van der Waals surface area contributed by atoms with Crippen molar-refractivity contribution in [3.05, 3.63) is 58.0 Å². The Balaban J connectivity index is 1.83. The molecule has 2 aromatic rings. The number of aryl methyl sites for hydroxylation is 1. The second-order valence-electron chi connectivity index (χ2n) is 5.65. The van der Waals surface area contributed by atoms with Gasteiger partial charge in [-0.15, -0.1) is 0 Å². The van der Waals surface area contributed by atoms with Gasteiger partial charge in [0.15, 0.2) is 5.76 Å². The lowest BCUT2D eigenvalue weighted by atomic mass is 10.0. The summed E-state index contributed by atoms with van der Waals surface area (Å²) in [6.07, 6.45) is 2.03. The molecule has 0 spiro atoms. The number of nitrogens with one attached hydrogen (secondary N) is 1. The Hall–Kier alpha value is -2.27. The molecule has 1 aliphatic rings. The summed E-state index contributed by atoms with van der Waals surface area (Å²) in [6.45, 7) is 1.78. The highest BCUT2D eigenvalue weighted by atomic mass is 35.5. The Bertz CT molecular complexity index is 777. The zero-order valence-corrected chi connectivity index (χ0v) is 13.3. The highest BCUT2D eigenvalue weighted by molar-refractivity contribution is 6.30. The first-order valence-corrected chi connectivity index (χ1v) is 7.77. The van der Waals surface area contributed by atoms with Gasteiger partial charge in [-0.3, -0.25) is 4.79 Å². The fourth-order valence-electron chi connectivity index (χ4n) is 2.66. The van der Waals surface area contributed by atoms with Gasteiger partial charge in [-0.1, -0.05) is 30.7 Å². The Labute approximate surface area is 138 Å². The van der Waals surface area contributed by atoms with Gasteiger partial charge >= 0.3 is 5.97 Å². The number of carboxylic acid groups (broad SMARTS) is 1. The van der Waals surface area contributed by atoms with Gasteiger partial charge in [-0.05, 0) is 30.5 Å². The van der Waals surface area contributed by atoms with Crippen molar-refractivity contribution in [1.82, 2.24) is 5.32 Å². The second kappa shape index (κ2) is 5.74. The van der Waals surface area contributed by atoms with E-state index in [0.717, 1.165) is 18.4 Å². The average molecular weight is 334 g/mol. The third-order valence-electron chi connectivity index (χ3n) is 4.06. The van der Waals surface area contributed by atoms with Gasteiger partial charge in [0.25, 0.3) is 5.91 Å². The Morgan fingerprint density at radius 2 is 2.09 bits per heavy atom. The molecule has 1 saturated carbocycles. The van der Waals surface area contributed by atoms with Gasteiger partial charge in [-0.2, -0.15) is 0 Å². The van der Waals surface area contributed by atoms with Crippen molar-refractivity contribution in [1.29, 1.82) is 0 Å². The van der Waals surface area contributed by atoms with Crippen LogP contribution < -0.4 is 5.32 Å². The van der Waals surface area contributed by atoms with Crippen LogP contribution in [0, 0.1) is 0 Å². The number of benzene rings is 1. The zero-order valence-electron chi connectivity index (χ0n) is 12.6. The summed E-state index contributed by atoms with van der Waals surface area (Å²) in [5, 5.41) is 12.7. The van der Waals surface area contributed by atoms with Crippen molar-refractivity contribution in [2.75, 3.05) is 0 Å². The van der Waals surface area contributed by atoms with E-state index in [1.165, 1.54) is 6.07 Å². The highest BCUT2D eigenvalue weighted by Crippen LogP contribution is 2.46. The van der Waals surface area contributed by atoms with E-state index >= 15 is 0 Å². The van der Waals surface area contributed by atoms with E-state index in [1.54, 1.807) is 13.0 Å². The molecule has 23 heavy (non-hydrogen) atoms. The Morgan fingerprint density at radius 3 is 2.61 bits per heavy atom. The molecule has 1 fully saturated rings. The first-order valence-electron chi connectivity index (χ1n) is 7.40. The van der Waals surface area contributed by atoms with E-state index < -0.39 is 17.4 Å². The molecule has 120 valence electrons. The smallest absolute Gasteiger partial charge is 0.339 e. The average Bonchev–Trinajstić information content (AvgIpc) is 3.15. The van der Waals surface area contributed by atoms with Crippen molar-refractivity contribution in [3.63, 3.8) is 0 Å². The SMILES string of the molecule is CCc1oc(C(=O)NC2(c3cccc(Cl)c3)CC2)cc1C(=O)O. The summed E-state index contributed by atoms with van der Waals surface area (Å²) in [4.78, 5) is 23.6. The molecule has 1 amide bonds. The predicted octanol–water partition coefficient (Wildman–Crippen LogP) is 3.61. The Morgan fingerprint density at radius 1 is 1.35 bits per heavy atom. The van der Waals surface area contributed by atoms with Crippen LogP contribution in [-0.2, 0) is 12.0 Å². The summed E-state index contributed by atoms with van der Waals surface area (Å²) >= 11 is 6.01. The topological polar surface area (TPSA) is 79.5 Å². The predicted molar refractivity (Wildman–Crippen MR) is 84.9 cm³/mol. The number of carbonyl (C=O) groups excluding carboxylic acids is 1. The molecule has 1 heterocycles. The van der Waals surface area contributed by atoms with Crippen LogP contribution >= 0.6 is 11.6 Å². The lowest BCUT2D eigenvalue weighted by Gasteiger charge is -2.17. The fraction of sp³-hybridized carbons (Fsp3) is 0.294. The standard InChI is InChI=1S/C17H16ClNO4/c1-2-13-12(16(21)22)9-14(23-13)15(20)19-17(6-7-17)10-4-3-5-11(18)8-10/h3-5,8-9H,2,6-7H2,1H3,(H,19,20)(H,21,22). The van der Waals surface area contributed by atoms with Crippen LogP contribution in [0.5, 0.6) is 0 Å². The Kier molecular flexibility index (Phi) is 3.90. The van der Waals surface area contributed by atoms with E-state index in [-0.39, 0.29) is 11.3 Å². The maximum absolute atomic E-state index is 12.4. The minimum absolute atomic E-state index is 0.0209. The zero-order chi connectivity index (χ0) is 16.6. The van der Waals surface area contributed by atoms with Crippen molar-refractivity contribution >= 4 is 23.5 Å². The summed E-state index contributed by atoms with van der Waals surface area (Å²) in [5.41, 5.74) is 0.536. The number of rotatable bonds is 5. The van der Waals surface area contributed by atoms with Crippen LogP contribution in [0.1, 0.15) is 52.0 Å². The van der Waals surface area contributed by atoms with Gasteiger partial charge in [-0.25, -0.2) is 4.79 Å². The lowest BCUT2D eigenvalue weighted by Crippen LogP contribution is -2.34. The molecular formula is C17H16ClNO4. The van der Waals surface area contributed by atoms with Crippen molar-refractivity contribution in [2.24, 2.45) is 0 Å². The fourth-order valence-corrected chi connectivity index (χ4v) is 2.85. The molecule has 1 aromatic heterocycles. The molecule has 1 aliphatic carbocycles. The molecule has 6 heteroatoms. The number of carboxylic acids is 1. The molecule has 0 bridgehead atoms. The van der Waals surface area contributed by atoms with Crippen LogP contribution in [0.4, 0.5) is 0 Å². The van der Waals surface area contributed by atoms with Crippen LogP contribution in [0.2, 0.25) is 5.02 Å². The highest BCUT2D eigenvalue weighted by Gasteiger charge is 2.46. The summed E-state index contributed by atoms with van der Waals surface area (Å²) in [7, 11) is 0. The number of carbonyl (C=O) groups is 2. The van der Waals surface area contributed by atoms with E-state index in [9.17, 15) is 9.59 Å². The number of aromatic carboxylic acids is 1. The van der Waals surface area contributed by atoms with E-state index in [4.69, 9.17) is 21.1 Å². The van der Waals surface area contributed by atoms with Crippen molar-refractivity contribution < 1.29 is 19.1 Å².